The molecule has 0 saturated carbocycles. The molecule has 4 N–H and O–H groups in total. The molecule has 0 aliphatic carbocycles. The van der Waals surface area contributed by atoms with Crippen molar-refractivity contribution in [3.63, 3.8) is 0 Å². The molecule has 7 nitrogen and oxygen atoms in total. The number of ether oxygens (including phenoxy) is 3. The summed E-state index contributed by atoms with van der Waals surface area (Å²) in [5.74, 6) is 1.77. The molecular weight excluding hydrogens is 466 g/mol. The van der Waals surface area contributed by atoms with Crippen molar-refractivity contribution >= 4 is 5.91 Å². The number of hydrogen-bond acceptors (Lipinski definition) is 6. The SMILES string of the molecule is CCOc1cc(OC(C)C)cc(C(=O)N[C@@H](Cc2ccccc2)C(N)CNCc2cccc(OC)c2)c1. The number of hydrogen-bond donors (Lipinski definition) is 3. The van der Waals surface area contributed by atoms with Crippen molar-refractivity contribution in [3.05, 3.63) is 89.5 Å². The molecule has 2 atom stereocenters. The third kappa shape index (κ3) is 9.12. The molecule has 3 aromatic carbocycles. The summed E-state index contributed by atoms with van der Waals surface area (Å²) in [5.41, 5.74) is 9.30. The van der Waals surface area contributed by atoms with Gasteiger partial charge in [-0.05, 0) is 62.6 Å². The van der Waals surface area contributed by atoms with Gasteiger partial charge in [-0.1, -0.05) is 42.5 Å². The molecular formula is C30H39N3O4. The summed E-state index contributed by atoms with van der Waals surface area (Å²) in [4.78, 5) is 13.4. The van der Waals surface area contributed by atoms with Gasteiger partial charge in [0.2, 0.25) is 0 Å². The standard InChI is InChI=1S/C30H39N3O4/c1-5-36-26-16-24(17-27(18-26)37-21(2)3)30(34)33-29(15-22-10-7-6-8-11-22)28(31)20-32-19-23-12-9-13-25(14-23)35-4/h6-14,16-18,21,28-29,32H,5,15,19-20,31H2,1-4H3,(H,33,34)/t28?,29-/m0/s1. The second-order valence-electron chi connectivity index (χ2n) is 9.21. The van der Waals surface area contributed by atoms with Crippen LogP contribution in [-0.2, 0) is 13.0 Å². The first-order valence-corrected chi connectivity index (χ1v) is 12.8. The molecule has 0 aromatic heterocycles. The number of carbonyl (C=O) groups is 1. The van der Waals surface area contributed by atoms with E-state index in [1.165, 1.54) is 0 Å². The van der Waals surface area contributed by atoms with Crippen molar-refractivity contribution in [1.29, 1.82) is 0 Å². The van der Waals surface area contributed by atoms with Crippen LogP contribution in [0.5, 0.6) is 17.2 Å². The van der Waals surface area contributed by atoms with Gasteiger partial charge in [-0.15, -0.1) is 0 Å². The highest BCUT2D eigenvalue weighted by molar-refractivity contribution is 5.95. The lowest BCUT2D eigenvalue weighted by Gasteiger charge is -2.26. The summed E-state index contributed by atoms with van der Waals surface area (Å²) >= 11 is 0. The summed E-state index contributed by atoms with van der Waals surface area (Å²) < 4.78 is 16.8. The van der Waals surface area contributed by atoms with Gasteiger partial charge in [-0.3, -0.25) is 4.79 Å². The Morgan fingerprint density at radius 2 is 1.65 bits per heavy atom. The number of amides is 1. The summed E-state index contributed by atoms with van der Waals surface area (Å²) in [6, 6.07) is 22.6. The van der Waals surface area contributed by atoms with E-state index in [1.54, 1.807) is 25.3 Å². The van der Waals surface area contributed by atoms with Gasteiger partial charge in [0, 0.05) is 36.8 Å². The first kappa shape index (κ1) is 28.0. The maximum atomic E-state index is 13.4. The van der Waals surface area contributed by atoms with Crippen LogP contribution < -0.4 is 30.6 Å². The van der Waals surface area contributed by atoms with Crippen molar-refractivity contribution in [2.45, 2.75) is 51.9 Å². The van der Waals surface area contributed by atoms with Gasteiger partial charge in [0.15, 0.2) is 0 Å². The Labute approximate surface area is 220 Å². The molecule has 0 aliphatic heterocycles. The number of nitrogens with two attached hydrogens (primary N) is 1. The van der Waals surface area contributed by atoms with E-state index in [2.05, 4.69) is 10.6 Å². The zero-order valence-electron chi connectivity index (χ0n) is 22.2. The van der Waals surface area contributed by atoms with Crippen LogP contribution >= 0.6 is 0 Å². The van der Waals surface area contributed by atoms with Gasteiger partial charge in [0.05, 0.1) is 19.8 Å². The van der Waals surface area contributed by atoms with E-state index < -0.39 is 0 Å². The molecule has 0 spiro atoms. The Bertz CT molecular complexity index is 1120. The van der Waals surface area contributed by atoms with Crippen LogP contribution in [0.4, 0.5) is 0 Å². The average Bonchev–Trinajstić information content (AvgIpc) is 2.88. The minimum atomic E-state index is -0.323. The highest BCUT2D eigenvalue weighted by Crippen LogP contribution is 2.24. The van der Waals surface area contributed by atoms with Crippen LogP contribution in [0.25, 0.3) is 0 Å². The molecule has 0 aliphatic rings. The van der Waals surface area contributed by atoms with E-state index in [0.29, 0.717) is 43.2 Å². The molecule has 0 radical (unpaired) electrons. The topological polar surface area (TPSA) is 94.8 Å². The van der Waals surface area contributed by atoms with Crippen LogP contribution in [0, 0.1) is 0 Å². The van der Waals surface area contributed by atoms with Gasteiger partial charge < -0.3 is 30.6 Å². The minimum absolute atomic E-state index is 0.0253. The third-order valence-corrected chi connectivity index (χ3v) is 5.80. The Kier molecular flexibility index (Phi) is 10.8. The van der Waals surface area contributed by atoms with E-state index in [9.17, 15) is 4.79 Å². The zero-order chi connectivity index (χ0) is 26.6. The highest BCUT2D eigenvalue weighted by Gasteiger charge is 2.22. The normalized spacial score (nSPS) is 12.6. The Balaban J connectivity index is 1.73. The molecule has 0 saturated heterocycles. The summed E-state index contributed by atoms with van der Waals surface area (Å²) in [7, 11) is 1.65. The van der Waals surface area contributed by atoms with E-state index in [1.807, 2.05) is 75.4 Å². The van der Waals surface area contributed by atoms with Crippen molar-refractivity contribution < 1.29 is 19.0 Å². The number of methoxy groups -OCH3 is 1. The maximum Gasteiger partial charge on any atom is 0.251 e. The van der Waals surface area contributed by atoms with Crippen molar-refractivity contribution in [1.82, 2.24) is 10.6 Å². The van der Waals surface area contributed by atoms with E-state index in [0.717, 1.165) is 16.9 Å². The van der Waals surface area contributed by atoms with Gasteiger partial charge in [-0.2, -0.15) is 0 Å². The summed E-state index contributed by atoms with van der Waals surface area (Å²) in [6.07, 6.45) is 0.581. The van der Waals surface area contributed by atoms with Crippen LogP contribution in [0.1, 0.15) is 42.3 Å². The van der Waals surface area contributed by atoms with E-state index in [-0.39, 0.29) is 24.1 Å². The largest absolute Gasteiger partial charge is 0.497 e. The molecule has 37 heavy (non-hydrogen) atoms. The predicted octanol–water partition coefficient (Wildman–Crippen LogP) is 4.34. The Hall–Kier alpha value is -3.55. The lowest BCUT2D eigenvalue weighted by Crippen LogP contribution is -2.53. The van der Waals surface area contributed by atoms with Crippen LogP contribution in [0.3, 0.4) is 0 Å². The quantitative estimate of drug-likeness (QED) is 0.302. The average molecular weight is 506 g/mol. The zero-order valence-corrected chi connectivity index (χ0v) is 22.2. The second-order valence-corrected chi connectivity index (χ2v) is 9.21. The Morgan fingerprint density at radius 3 is 2.35 bits per heavy atom. The van der Waals surface area contributed by atoms with E-state index in [4.69, 9.17) is 19.9 Å². The van der Waals surface area contributed by atoms with Crippen LogP contribution in [0.2, 0.25) is 0 Å². The van der Waals surface area contributed by atoms with Gasteiger partial charge in [0.1, 0.15) is 17.2 Å². The predicted molar refractivity (Wildman–Crippen MR) is 147 cm³/mol. The van der Waals surface area contributed by atoms with Crippen molar-refractivity contribution in [3.8, 4) is 17.2 Å². The smallest absolute Gasteiger partial charge is 0.251 e. The molecule has 0 fully saturated rings. The molecule has 1 unspecified atom stereocenters. The number of carbonyl (C=O) groups excluding carboxylic acids is 1. The van der Waals surface area contributed by atoms with Crippen LogP contribution in [0.15, 0.2) is 72.8 Å². The molecule has 3 rings (SSSR count). The van der Waals surface area contributed by atoms with Gasteiger partial charge in [0.25, 0.3) is 5.91 Å². The fraction of sp³-hybridized carbons (Fsp3) is 0.367. The number of benzene rings is 3. The molecule has 198 valence electrons. The first-order chi connectivity index (χ1) is 17.9. The highest BCUT2D eigenvalue weighted by atomic mass is 16.5. The molecule has 7 heteroatoms. The third-order valence-electron chi connectivity index (χ3n) is 5.80. The van der Waals surface area contributed by atoms with Crippen molar-refractivity contribution in [2.24, 2.45) is 5.73 Å². The molecule has 0 heterocycles. The summed E-state index contributed by atoms with van der Waals surface area (Å²) in [5, 5.41) is 6.58. The lowest BCUT2D eigenvalue weighted by molar-refractivity contribution is 0.0929. The Morgan fingerprint density at radius 1 is 0.919 bits per heavy atom. The minimum Gasteiger partial charge on any atom is -0.497 e. The molecule has 1 amide bonds. The monoisotopic (exact) mass is 505 g/mol. The molecule has 0 bridgehead atoms. The fourth-order valence-electron chi connectivity index (χ4n) is 4.03. The molecule has 3 aromatic rings. The van der Waals surface area contributed by atoms with Crippen LogP contribution in [-0.4, -0.2) is 44.4 Å². The number of rotatable bonds is 14. The maximum absolute atomic E-state index is 13.4. The number of nitrogens with one attached hydrogen (secondary N) is 2. The lowest BCUT2D eigenvalue weighted by atomic mass is 9.99. The summed E-state index contributed by atoms with van der Waals surface area (Å²) in [6.45, 7) is 7.45. The van der Waals surface area contributed by atoms with E-state index >= 15 is 0 Å². The second kappa shape index (κ2) is 14.3. The van der Waals surface area contributed by atoms with Crippen molar-refractivity contribution in [2.75, 3.05) is 20.3 Å². The first-order valence-electron chi connectivity index (χ1n) is 12.8. The van der Waals surface area contributed by atoms with Gasteiger partial charge in [-0.25, -0.2) is 0 Å². The van der Waals surface area contributed by atoms with Gasteiger partial charge >= 0.3 is 0 Å². The fourth-order valence-corrected chi connectivity index (χ4v) is 4.03.